The number of nitrogens with zero attached hydrogens (tertiary/aromatic N) is 2. The average molecular weight is 306 g/mol. The van der Waals surface area contributed by atoms with Gasteiger partial charge in [-0.25, -0.2) is 4.98 Å². The number of aromatic nitrogens is 2. The Bertz CT molecular complexity index is 638. The van der Waals surface area contributed by atoms with Gasteiger partial charge < -0.3 is 15.2 Å². The SMILES string of the molecule is CCCC(NC(C)=O)C(=O)N1CCc2c(nc(C)[nH]c2=O)C1. The molecule has 1 atom stereocenters. The molecule has 2 rings (SSSR count). The van der Waals surface area contributed by atoms with Gasteiger partial charge in [0, 0.05) is 19.0 Å². The van der Waals surface area contributed by atoms with E-state index >= 15 is 0 Å². The molecule has 120 valence electrons. The summed E-state index contributed by atoms with van der Waals surface area (Å²) in [6.45, 7) is 5.89. The van der Waals surface area contributed by atoms with Crippen molar-refractivity contribution in [3.8, 4) is 0 Å². The minimum Gasteiger partial charge on any atom is -0.345 e. The van der Waals surface area contributed by atoms with Crippen molar-refractivity contribution in [1.82, 2.24) is 20.2 Å². The first-order valence-electron chi connectivity index (χ1n) is 7.57. The van der Waals surface area contributed by atoms with Gasteiger partial charge in [-0.3, -0.25) is 14.4 Å². The third-order valence-corrected chi connectivity index (χ3v) is 3.76. The molecule has 2 amide bonds. The van der Waals surface area contributed by atoms with Gasteiger partial charge in [-0.05, 0) is 19.8 Å². The number of hydrogen-bond acceptors (Lipinski definition) is 4. The van der Waals surface area contributed by atoms with E-state index in [9.17, 15) is 14.4 Å². The minimum absolute atomic E-state index is 0.109. The van der Waals surface area contributed by atoms with Crippen molar-refractivity contribution < 1.29 is 9.59 Å². The largest absolute Gasteiger partial charge is 0.345 e. The number of amides is 2. The summed E-state index contributed by atoms with van der Waals surface area (Å²) in [5.41, 5.74) is 1.18. The van der Waals surface area contributed by atoms with Crippen molar-refractivity contribution in [2.75, 3.05) is 6.54 Å². The Balaban J connectivity index is 2.18. The van der Waals surface area contributed by atoms with Gasteiger partial charge in [-0.15, -0.1) is 0 Å². The second-order valence-electron chi connectivity index (χ2n) is 5.63. The molecule has 1 unspecified atom stereocenters. The molecule has 0 radical (unpaired) electrons. The molecule has 0 spiro atoms. The molecule has 2 heterocycles. The molecule has 0 saturated heterocycles. The average Bonchev–Trinajstić information content (AvgIpc) is 2.44. The predicted octanol–water partition coefficient (Wildman–Crippen LogP) is 0.268. The molecule has 7 nitrogen and oxygen atoms in total. The summed E-state index contributed by atoms with van der Waals surface area (Å²) in [5, 5.41) is 2.71. The van der Waals surface area contributed by atoms with E-state index in [4.69, 9.17) is 0 Å². The molecule has 0 fully saturated rings. The fourth-order valence-corrected chi connectivity index (χ4v) is 2.76. The third-order valence-electron chi connectivity index (χ3n) is 3.76. The number of nitrogens with one attached hydrogen (secondary N) is 2. The van der Waals surface area contributed by atoms with E-state index in [1.165, 1.54) is 6.92 Å². The van der Waals surface area contributed by atoms with Gasteiger partial charge in [-0.2, -0.15) is 0 Å². The number of fused-ring (bicyclic) bond motifs is 1. The quantitative estimate of drug-likeness (QED) is 0.834. The van der Waals surface area contributed by atoms with Crippen molar-refractivity contribution >= 4 is 11.8 Å². The molecular weight excluding hydrogens is 284 g/mol. The second-order valence-corrected chi connectivity index (χ2v) is 5.63. The van der Waals surface area contributed by atoms with Gasteiger partial charge in [0.1, 0.15) is 11.9 Å². The highest BCUT2D eigenvalue weighted by atomic mass is 16.2. The first-order valence-corrected chi connectivity index (χ1v) is 7.57. The summed E-state index contributed by atoms with van der Waals surface area (Å²) in [6.07, 6.45) is 1.89. The predicted molar refractivity (Wildman–Crippen MR) is 81.2 cm³/mol. The zero-order valence-corrected chi connectivity index (χ0v) is 13.2. The smallest absolute Gasteiger partial charge is 0.254 e. The topological polar surface area (TPSA) is 95.2 Å². The zero-order valence-electron chi connectivity index (χ0n) is 13.2. The lowest BCUT2D eigenvalue weighted by molar-refractivity contribution is -0.137. The van der Waals surface area contributed by atoms with Crippen molar-refractivity contribution in [2.45, 2.75) is 52.6 Å². The van der Waals surface area contributed by atoms with Crippen LogP contribution in [0.5, 0.6) is 0 Å². The van der Waals surface area contributed by atoms with E-state index < -0.39 is 6.04 Å². The monoisotopic (exact) mass is 306 g/mol. The fraction of sp³-hybridized carbons (Fsp3) is 0.600. The van der Waals surface area contributed by atoms with Gasteiger partial charge in [0.2, 0.25) is 11.8 Å². The maximum Gasteiger partial charge on any atom is 0.254 e. The van der Waals surface area contributed by atoms with Crippen LogP contribution < -0.4 is 10.9 Å². The first kappa shape index (κ1) is 16.2. The summed E-state index contributed by atoms with van der Waals surface area (Å²) in [6, 6.07) is -0.507. The normalized spacial score (nSPS) is 15.1. The Morgan fingerprint density at radius 1 is 1.45 bits per heavy atom. The molecule has 1 aliphatic rings. The van der Waals surface area contributed by atoms with Crippen LogP contribution in [0.15, 0.2) is 4.79 Å². The highest BCUT2D eigenvalue weighted by Gasteiger charge is 2.29. The second kappa shape index (κ2) is 6.72. The van der Waals surface area contributed by atoms with Gasteiger partial charge >= 0.3 is 0 Å². The van der Waals surface area contributed by atoms with Crippen LogP contribution in [0, 0.1) is 6.92 Å². The highest BCUT2D eigenvalue weighted by molar-refractivity contribution is 5.87. The molecule has 1 aliphatic heterocycles. The van der Waals surface area contributed by atoms with E-state index in [1.807, 2.05) is 6.92 Å². The Hall–Kier alpha value is -2.18. The van der Waals surface area contributed by atoms with Crippen LogP contribution in [0.3, 0.4) is 0 Å². The van der Waals surface area contributed by atoms with E-state index in [2.05, 4.69) is 15.3 Å². The molecule has 2 N–H and O–H groups in total. The van der Waals surface area contributed by atoms with E-state index in [0.717, 1.165) is 6.42 Å². The number of rotatable bonds is 4. The molecule has 0 bridgehead atoms. The van der Waals surface area contributed by atoms with Crippen molar-refractivity contribution in [3.63, 3.8) is 0 Å². The van der Waals surface area contributed by atoms with Crippen LogP contribution in [0.2, 0.25) is 0 Å². The van der Waals surface area contributed by atoms with Crippen LogP contribution in [0.1, 0.15) is 43.8 Å². The summed E-state index contributed by atoms with van der Waals surface area (Å²) in [4.78, 5) is 44.4. The zero-order chi connectivity index (χ0) is 16.3. The Kier molecular flexibility index (Phi) is 4.95. The molecule has 1 aromatic rings. The van der Waals surface area contributed by atoms with Gasteiger partial charge in [0.15, 0.2) is 0 Å². The van der Waals surface area contributed by atoms with Crippen molar-refractivity contribution in [3.05, 3.63) is 27.4 Å². The van der Waals surface area contributed by atoms with Crippen LogP contribution in [-0.2, 0) is 22.6 Å². The Morgan fingerprint density at radius 2 is 2.18 bits per heavy atom. The molecule has 7 heteroatoms. The third kappa shape index (κ3) is 3.52. The molecule has 0 aliphatic carbocycles. The summed E-state index contributed by atoms with van der Waals surface area (Å²) in [5.74, 6) is 0.224. The Morgan fingerprint density at radius 3 is 2.82 bits per heavy atom. The molecule has 22 heavy (non-hydrogen) atoms. The molecule has 0 aromatic carbocycles. The lowest BCUT2D eigenvalue weighted by Crippen LogP contribution is -2.50. The number of carbonyl (C=O) groups excluding carboxylic acids is 2. The summed E-state index contributed by atoms with van der Waals surface area (Å²) in [7, 11) is 0. The first-order chi connectivity index (χ1) is 10.4. The lowest BCUT2D eigenvalue weighted by Gasteiger charge is -2.31. The number of H-pyrrole nitrogens is 1. The van der Waals surface area contributed by atoms with Gasteiger partial charge in [0.05, 0.1) is 12.2 Å². The van der Waals surface area contributed by atoms with Crippen molar-refractivity contribution in [2.24, 2.45) is 0 Å². The van der Waals surface area contributed by atoms with Crippen LogP contribution >= 0.6 is 0 Å². The Labute approximate surface area is 129 Å². The van der Waals surface area contributed by atoms with Crippen LogP contribution in [0.25, 0.3) is 0 Å². The maximum absolute atomic E-state index is 12.6. The standard InChI is InChI=1S/C15H22N4O3/c1-4-5-12(18-10(3)20)15(22)19-7-6-11-13(8-19)16-9(2)17-14(11)21/h12H,4-8H2,1-3H3,(H,18,20)(H,16,17,21). The number of aryl methyl sites for hydroxylation is 1. The lowest BCUT2D eigenvalue weighted by atomic mass is 10.0. The van der Waals surface area contributed by atoms with Crippen molar-refractivity contribution in [1.29, 1.82) is 0 Å². The van der Waals surface area contributed by atoms with Crippen LogP contribution in [-0.4, -0.2) is 39.3 Å². The summed E-state index contributed by atoms with van der Waals surface area (Å²) < 4.78 is 0. The molecular formula is C15H22N4O3. The number of aromatic amines is 1. The number of hydrogen-bond donors (Lipinski definition) is 2. The molecule has 0 saturated carbocycles. The maximum atomic E-state index is 12.6. The van der Waals surface area contributed by atoms with Gasteiger partial charge in [0.25, 0.3) is 5.56 Å². The van der Waals surface area contributed by atoms with Crippen LogP contribution in [0.4, 0.5) is 0 Å². The number of carbonyl (C=O) groups is 2. The van der Waals surface area contributed by atoms with E-state index in [1.54, 1.807) is 11.8 Å². The minimum atomic E-state index is -0.507. The van der Waals surface area contributed by atoms with Gasteiger partial charge in [-0.1, -0.05) is 13.3 Å². The molecule has 1 aromatic heterocycles. The van der Waals surface area contributed by atoms with E-state index in [-0.39, 0.29) is 17.4 Å². The highest BCUT2D eigenvalue weighted by Crippen LogP contribution is 2.15. The van der Waals surface area contributed by atoms with E-state index in [0.29, 0.717) is 43.0 Å². The fourth-order valence-electron chi connectivity index (χ4n) is 2.76. The summed E-state index contributed by atoms with van der Waals surface area (Å²) >= 11 is 0.